The summed E-state index contributed by atoms with van der Waals surface area (Å²) in [6.07, 6.45) is 4.18. The molecule has 0 bridgehead atoms. The molecule has 59 heavy (non-hydrogen) atoms. The van der Waals surface area contributed by atoms with E-state index in [0.29, 0.717) is 12.0 Å². The lowest BCUT2D eigenvalue weighted by atomic mass is 9.42. The molecule has 0 aromatic rings. The van der Waals surface area contributed by atoms with Crippen molar-refractivity contribution >= 4 is 23.9 Å². The van der Waals surface area contributed by atoms with Gasteiger partial charge in [0.1, 0.15) is 24.9 Å². The lowest BCUT2D eigenvalue weighted by Crippen LogP contribution is -2.76. The molecule has 2 saturated heterocycles. The van der Waals surface area contributed by atoms with Crippen LogP contribution in [0.5, 0.6) is 0 Å². The van der Waals surface area contributed by atoms with Crippen LogP contribution in [0.3, 0.4) is 0 Å². The number of ether oxygens (including phenoxy) is 7. The first-order valence-electron chi connectivity index (χ1n) is 22.1. The Labute approximate surface area is 350 Å². The number of rotatable bonds is 18. The molecule has 0 aromatic carbocycles. The zero-order valence-electron chi connectivity index (χ0n) is 37.0. The van der Waals surface area contributed by atoms with Gasteiger partial charge in [0.2, 0.25) is 6.10 Å². The third kappa shape index (κ3) is 9.28. The molecule has 14 heteroatoms. The number of carbonyl (C=O) groups excluding carboxylic acids is 4. The molecule has 0 spiro atoms. The van der Waals surface area contributed by atoms with Crippen LogP contribution in [0, 0.1) is 46.8 Å². The van der Waals surface area contributed by atoms with Gasteiger partial charge in [0.05, 0.1) is 18.6 Å². The maximum Gasteiger partial charge on any atom is 0.509 e. The lowest BCUT2D eigenvalue weighted by Gasteiger charge is -2.67. The molecular weight excluding hydrogens is 764 g/mol. The van der Waals surface area contributed by atoms with Crippen LogP contribution >= 0.6 is 0 Å². The Bertz CT molecular complexity index is 1540. The second-order valence-electron chi connectivity index (χ2n) is 19.2. The predicted molar refractivity (Wildman–Crippen MR) is 214 cm³/mol. The summed E-state index contributed by atoms with van der Waals surface area (Å²) >= 11 is 0. The number of carbonyl (C=O) groups is 4. The number of esters is 2. The van der Waals surface area contributed by atoms with E-state index in [4.69, 9.17) is 33.2 Å². The van der Waals surface area contributed by atoms with E-state index in [1.165, 1.54) is 45.3 Å². The standard InChI is InChI=1S/C45H72O14/c1-11-12-13-14-15-16-17-18-19-42(8)55-24-29(59-42)23-54-41(50)58-39-31(46)20-27(6)30-21-32-35-34(28(7)38(48)45(52,53-10)37(35)43(30,39)9)36(40(49)56-32)57-33(47)22-44(51,25(2)3)26(4)5/h20,25-26,28-30,32,34-39,48,51-52H,11-19,21-24H2,1-10H3/t28-,29?,30+,32-,34+,35?,36-,37+,38-,39-,42?,43+,45-/m1/s1. The SMILES string of the molecule is CCCCCCCCCCC1(C)OCC(COC(=O)O[C@@H]2C(=O)C=C(C)[C@@H]3C[C@H]4OC(=O)[C@H](OC(=O)CC(O)(C(C)C)C(C)C)[C@@H]5C4[C@H]([C@@](O)(OC)[C@H](O)[C@@H]5C)[C@@]23C)O1. The second-order valence-corrected chi connectivity index (χ2v) is 19.2. The molecule has 5 aliphatic rings. The van der Waals surface area contributed by atoms with Crippen molar-refractivity contribution in [3.05, 3.63) is 11.6 Å². The Kier molecular flexibility index (Phi) is 15.1. The fourth-order valence-corrected chi connectivity index (χ4v) is 11.3. The molecule has 2 aliphatic heterocycles. The lowest BCUT2D eigenvalue weighted by molar-refractivity contribution is -0.372. The minimum Gasteiger partial charge on any atom is -0.459 e. The molecule has 3 unspecified atom stereocenters. The zero-order chi connectivity index (χ0) is 43.7. The molecular formula is C45H72O14. The van der Waals surface area contributed by atoms with Gasteiger partial charge in [-0.05, 0) is 56.4 Å². The van der Waals surface area contributed by atoms with E-state index in [9.17, 15) is 34.5 Å². The highest BCUT2D eigenvalue weighted by Crippen LogP contribution is 2.66. The van der Waals surface area contributed by atoms with E-state index in [-0.39, 0.29) is 37.9 Å². The van der Waals surface area contributed by atoms with E-state index in [2.05, 4.69) is 6.92 Å². The first kappa shape index (κ1) is 47.4. The summed E-state index contributed by atoms with van der Waals surface area (Å²) in [5.41, 5.74) is -2.24. The molecule has 4 fully saturated rings. The van der Waals surface area contributed by atoms with Crippen LogP contribution < -0.4 is 0 Å². The number of allylic oxidation sites excluding steroid dienone is 1. The molecule has 3 N–H and O–H groups in total. The summed E-state index contributed by atoms with van der Waals surface area (Å²) in [5, 5.41) is 35.8. The third-order valence-electron chi connectivity index (χ3n) is 14.8. The van der Waals surface area contributed by atoms with Crippen LogP contribution in [0.15, 0.2) is 11.6 Å². The number of methoxy groups -OCH3 is 1. The monoisotopic (exact) mass is 836 g/mol. The Hall–Kier alpha value is -2.62. The van der Waals surface area contributed by atoms with Crippen molar-refractivity contribution in [3.8, 4) is 0 Å². The van der Waals surface area contributed by atoms with Crippen LogP contribution in [0.4, 0.5) is 4.79 Å². The summed E-state index contributed by atoms with van der Waals surface area (Å²) in [5.74, 6) is -10.3. The van der Waals surface area contributed by atoms with Gasteiger partial charge in [-0.1, -0.05) is 99.0 Å². The highest BCUT2D eigenvalue weighted by molar-refractivity contribution is 5.97. The maximum atomic E-state index is 14.0. The molecule has 5 rings (SSSR count). The highest BCUT2D eigenvalue weighted by atomic mass is 16.8. The fourth-order valence-electron chi connectivity index (χ4n) is 11.3. The van der Waals surface area contributed by atoms with Crippen LogP contribution in [-0.2, 0) is 47.5 Å². The molecule has 0 amide bonds. The average molecular weight is 837 g/mol. The number of fused-ring (bicyclic) bond motifs is 2. The van der Waals surface area contributed by atoms with Gasteiger partial charge in [-0.25, -0.2) is 9.59 Å². The van der Waals surface area contributed by atoms with Crippen molar-refractivity contribution in [2.75, 3.05) is 20.3 Å². The van der Waals surface area contributed by atoms with Gasteiger partial charge in [-0.15, -0.1) is 0 Å². The zero-order valence-corrected chi connectivity index (χ0v) is 37.0. The van der Waals surface area contributed by atoms with Gasteiger partial charge in [0.25, 0.3) is 0 Å². The molecule has 336 valence electrons. The first-order valence-corrected chi connectivity index (χ1v) is 22.1. The van der Waals surface area contributed by atoms with Crippen LogP contribution in [0.1, 0.15) is 133 Å². The summed E-state index contributed by atoms with van der Waals surface area (Å²) < 4.78 is 41.3. The minimum atomic E-state index is -2.32. The Balaban J connectivity index is 1.33. The van der Waals surface area contributed by atoms with E-state index < -0.39 is 107 Å². The van der Waals surface area contributed by atoms with E-state index in [0.717, 1.165) is 19.3 Å². The second kappa shape index (κ2) is 18.8. The van der Waals surface area contributed by atoms with Crippen molar-refractivity contribution in [3.63, 3.8) is 0 Å². The molecule has 14 nitrogen and oxygen atoms in total. The minimum absolute atomic E-state index is 0.179. The number of unbranched alkanes of at least 4 members (excludes halogenated alkanes) is 7. The topological polar surface area (TPSA) is 194 Å². The van der Waals surface area contributed by atoms with Gasteiger partial charge in [-0.2, -0.15) is 0 Å². The van der Waals surface area contributed by atoms with Crippen molar-refractivity contribution in [1.82, 2.24) is 0 Å². The van der Waals surface area contributed by atoms with Crippen LogP contribution in [0.2, 0.25) is 0 Å². The molecule has 0 aromatic heterocycles. The van der Waals surface area contributed by atoms with Crippen LogP contribution in [0.25, 0.3) is 0 Å². The normalized spacial score (nSPS) is 38.1. The molecule has 13 atom stereocenters. The third-order valence-corrected chi connectivity index (χ3v) is 14.8. The van der Waals surface area contributed by atoms with E-state index in [1.54, 1.807) is 48.5 Å². The summed E-state index contributed by atoms with van der Waals surface area (Å²) in [4.78, 5) is 54.9. The Morgan fingerprint density at radius 2 is 1.61 bits per heavy atom. The van der Waals surface area contributed by atoms with E-state index >= 15 is 0 Å². The van der Waals surface area contributed by atoms with E-state index in [1.807, 2.05) is 6.92 Å². The van der Waals surface area contributed by atoms with Crippen molar-refractivity contribution < 1.29 is 67.7 Å². The first-order chi connectivity index (χ1) is 27.7. The largest absolute Gasteiger partial charge is 0.509 e. The molecule has 2 saturated carbocycles. The van der Waals surface area contributed by atoms with Crippen molar-refractivity contribution in [2.45, 2.75) is 181 Å². The summed E-state index contributed by atoms with van der Waals surface area (Å²) in [7, 11) is 1.24. The van der Waals surface area contributed by atoms with Gasteiger partial charge in [-0.3, -0.25) is 9.59 Å². The van der Waals surface area contributed by atoms with Gasteiger partial charge < -0.3 is 48.5 Å². The highest BCUT2D eigenvalue weighted by Gasteiger charge is 2.75. The van der Waals surface area contributed by atoms with Gasteiger partial charge in [0.15, 0.2) is 23.5 Å². The maximum absolute atomic E-state index is 14.0. The average Bonchev–Trinajstić information content (AvgIpc) is 3.55. The Morgan fingerprint density at radius 3 is 2.22 bits per heavy atom. The predicted octanol–water partition coefficient (Wildman–Crippen LogP) is 6.19. The Morgan fingerprint density at radius 1 is 0.983 bits per heavy atom. The van der Waals surface area contributed by atoms with Crippen molar-refractivity contribution in [2.24, 2.45) is 46.8 Å². The number of hydrogen-bond donors (Lipinski definition) is 3. The number of aliphatic hydroxyl groups excluding tert-OH is 1. The number of ketones is 1. The quantitative estimate of drug-likeness (QED) is 0.0612. The number of hydrogen-bond acceptors (Lipinski definition) is 14. The van der Waals surface area contributed by atoms with Gasteiger partial charge >= 0.3 is 18.1 Å². The number of aliphatic hydroxyl groups is 3. The fraction of sp³-hybridized carbons (Fsp3) is 0.867. The molecule has 3 aliphatic carbocycles. The van der Waals surface area contributed by atoms with Gasteiger partial charge in [0, 0.05) is 36.7 Å². The van der Waals surface area contributed by atoms with Crippen molar-refractivity contribution in [1.29, 1.82) is 0 Å². The summed E-state index contributed by atoms with van der Waals surface area (Å²) in [6.45, 7) is 16.4. The smallest absolute Gasteiger partial charge is 0.459 e. The molecule has 0 radical (unpaired) electrons. The summed E-state index contributed by atoms with van der Waals surface area (Å²) in [6, 6.07) is 0. The van der Waals surface area contributed by atoms with Crippen LogP contribution in [-0.4, -0.2) is 107 Å². The molecule has 2 heterocycles.